The van der Waals surface area contributed by atoms with Crippen molar-refractivity contribution < 1.29 is 4.92 Å². The van der Waals surface area contributed by atoms with Gasteiger partial charge in [-0.15, -0.1) is 0 Å². The Morgan fingerprint density at radius 2 is 2.35 bits per heavy atom. The molecule has 0 aliphatic heterocycles. The van der Waals surface area contributed by atoms with Crippen molar-refractivity contribution in [3.8, 4) is 0 Å². The van der Waals surface area contributed by atoms with E-state index < -0.39 is 4.92 Å². The number of non-ortho nitro benzene ring substituents is 1. The maximum Gasteiger partial charge on any atom is 0.271 e. The van der Waals surface area contributed by atoms with Crippen LogP contribution in [-0.4, -0.2) is 21.4 Å². The molecule has 1 heterocycles. The van der Waals surface area contributed by atoms with Crippen LogP contribution in [0.5, 0.6) is 0 Å². The SMILES string of the molecule is O=[N+]([O-])c1cccc(NCCc2ncc[nH]2)c1. The molecule has 0 aliphatic rings. The number of aromatic amines is 1. The molecule has 0 amide bonds. The van der Waals surface area contributed by atoms with E-state index in [-0.39, 0.29) is 5.69 Å². The number of nitro benzene ring substituents is 1. The molecule has 88 valence electrons. The van der Waals surface area contributed by atoms with Crippen molar-refractivity contribution in [2.75, 3.05) is 11.9 Å². The molecular weight excluding hydrogens is 220 g/mol. The van der Waals surface area contributed by atoms with Gasteiger partial charge in [0.2, 0.25) is 0 Å². The van der Waals surface area contributed by atoms with Gasteiger partial charge in [-0.25, -0.2) is 4.98 Å². The van der Waals surface area contributed by atoms with Gasteiger partial charge in [-0.05, 0) is 6.07 Å². The molecule has 1 aromatic carbocycles. The average Bonchev–Trinajstić information content (AvgIpc) is 2.82. The molecule has 0 saturated carbocycles. The first-order chi connectivity index (χ1) is 8.25. The summed E-state index contributed by atoms with van der Waals surface area (Å²) in [5, 5.41) is 13.7. The Balaban J connectivity index is 1.90. The third-order valence-electron chi connectivity index (χ3n) is 2.30. The van der Waals surface area contributed by atoms with Crippen molar-refractivity contribution in [1.29, 1.82) is 0 Å². The fraction of sp³-hybridized carbons (Fsp3) is 0.182. The highest BCUT2D eigenvalue weighted by Gasteiger charge is 2.04. The Morgan fingerprint density at radius 3 is 3.06 bits per heavy atom. The smallest absolute Gasteiger partial charge is 0.271 e. The molecule has 0 atom stereocenters. The molecule has 0 aliphatic carbocycles. The quantitative estimate of drug-likeness (QED) is 0.609. The highest BCUT2D eigenvalue weighted by Crippen LogP contribution is 2.16. The summed E-state index contributed by atoms with van der Waals surface area (Å²) >= 11 is 0. The average molecular weight is 232 g/mol. The van der Waals surface area contributed by atoms with Crippen LogP contribution < -0.4 is 5.32 Å². The Labute approximate surface area is 97.9 Å². The normalized spacial score (nSPS) is 10.1. The Morgan fingerprint density at radius 1 is 1.47 bits per heavy atom. The lowest BCUT2D eigenvalue weighted by atomic mass is 10.2. The van der Waals surface area contributed by atoms with Crippen molar-refractivity contribution >= 4 is 11.4 Å². The predicted molar refractivity (Wildman–Crippen MR) is 63.9 cm³/mol. The predicted octanol–water partition coefficient (Wildman–Crippen LogP) is 1.97. The third kappa shape index (κ3) is 3.04. The van der Waals surface area contributed by atoms with Crippen LogP contribution in [0.2, 0.25) is 0 Å². The molecule has 0 bridgehead atoms. The number of hydrogen-bond donors (Lipinski definition) is 2. The van der Waals surface area contributed by atoms with Gasteiger partial charge in [-0.2, -0.15) is 0 Å². The van der Waals surface area contributed by atoms with E-state index in [4.69, 9.17) is 0 Å². The highest BCUT2D eigenvalue weighted by molar-refractivity contribution is 5.50. The summed E-state index contributed by atoms with van der Waals surface area (Å²) in [5.74, 6) is 0.892. The van der Waals surface area contributed by atoms with Gasteiger partial charge in [0.05, 0.1) is 4.92 Å². The summed E-state index contributed by atoms with van der Waals surface area (Å²) in [6, 6.07) is 6.45. The summed E-state index contributed by atoms with van der Waals surface area (Å²) < 4.78 is 0. The van der Waals surface area contributed by atoms with Crippen molar-refractivity contribution in [2.45, 2.75) is 6.42 Å². The molecule has 0 radical (unpaired) electrons. The van der Waals surface area contributed by atoms with E-state index in [0.29, 0.717) is 6.54 Å². The van der Waals surface area contributed by atoms with Gasteiger partial charge in [0, 0.05) is 43.2 Å². The van der Waals surface area contributed by atoms with E-state index in [1.807, 2.05) is 0 Å². The van der Waals surface area contributed by atoms with Crippen LogP contribution in [0.25, 0.3) is 0 Å². The zero-order valence-corrected chi connectivity index (χ0v) is 9.09. The first-order valence-electron chi connectivity index (χ1n) is 5.22. The summed E-state index contributed by atoms with van der Waals surface area (Å²) in [4.78, 5) is 17.3. The number of benzene rings is 1. The van der Waals surface area contributed by atoms with E-state index in [1.165, 1.54) is 12.1 Å². The zero-order chi connectivity index (χ0) is 12.1. The first-order valence-corrected chi connectivity index (χ1v) is 5.22. The molecular formula is C11H12N4O2. The third-order valence-corrected chi connectivity index (χ3v) is 2.30. The fourth-order valence-corrected chi connectivity index (χ4v) is 1.49. The lowest BCUT2D eigenvalue weighted by Crippen LogP contribution is -2.06. The number of nitro groups is 1. The van der Waals surface area contributed by atoms with Gasteiger partial charge >= 0.3 is 0 Å². The maximum atomic E-state index is 10.6. The van der Waals surface area contributed by atoms with Crippen molar-refractivity contribution in [1.82, 2.24) is 9.97 Å². The van der Waals surface area contributed by atoms with Crippen LogP contribution in [0.4, 0.5) is 11.4 Å². The lowest BCUT2D eigenvalue weighted by Gasteiger charge is -2.04. The van der Waals surface area contributed by atoms with Crippen molar-refractivity contribution in [3.63, 3.8) is 0 Å². The van der Waals surface area contributed by atoms with Gasteiger partial charge in [0.25, 0.3) is 5.69 Å². The number of aromatic nitrogens is 2. The standard InChI is InChI=1S/C11H12N4O2/c16-15(17)10-3-1-2-9(8-10)12-5-4-11-13-6-7-14-11/h1-3,6-8,12H,4-5H2,(H,13,14). The van der Waals surface area contributed by atoms with Crippen molar-refractivity contribution in [2.24, 2.45) is 0 Å². The molecule has 17 heavy (non-hydrogen) atoms. The number of imidazole rings is 1. The summed E-state index contributed by atoms with van der Waals surface area (Å²) in [5.41, 5.74) is 0.832. The number of H-pyrrole nitrogens is 1. The van der Waals surface area contributed by atoms with Crippen LogP contribution in [0.15, 0.2) is 36.7 Å². The number of anilines is 1. The van der Waals surface area contributed by atoms with E-state index in [1.54, 1.807) is 24.5 Å². The first kappa shape index (κ1) is 11.1. The minimum absolute atomic E-state index is 0.0907. The molecule has 6 nitrogen and oxygen atoms in total. The Hall–Kier alpha value is -2.37. The molecule has 0 unspecified atom stereocenters. The largest absolute Gasteiger partial charge is 0.384 e. The van der Waals surface area contributed by atoms with Crippen LogP contribution in [-0.2, 0) is 6.42 Å². The molecule has 2 N–H and O–H groups in total. The van der Waals surface area contributed by atoms with Gasteiger partial charge < -0.3 is 10.3 Å². The van der Waals surface area contributed by atoms with Crippen LogP contribution >= 0.6 is 0 Å². The molecule has 1 aromatic heterocycles. The highest BCUT2D eigenvalue weighted by atomic mass is 16.6. The van der Waals surface area contributed by atoms with Gasteiger partial charge in [-0.1, -0.05) is 6.07 Å². The lowest BCUT2D eigenvalue weighted by molar-refractivity contribution is -0.384. The van der Waals surface area contributed by atoms with E-state index >= 15 is 0 Å². The second-order valence-electron chi connectivity index (χ2n) is 3.52. The Bertz CT molecular complexity index is 496. The second-order valence-corrected chi connectivity index (χ2v) is 3.52. The molecule has 0 spiro atoms. The fourth-order valence-electron chi connectivity index (χ4n) is 1.49. The number of nitrogens with zero attached hydrogens (tertiary/aromatic N) is 2. The summed E-state index contributed by atoms with van der Waals surface area (Å²) in [6.45, 7) is 0.675. The summed E-state index contributed by atoms with van der Waals surface area (Å²) in [6.07, 6.45) is 4.21. The van der Waals surface area contributed by atoms with E-state index in [9.17, 15) is 10.1 Å². The minimum atomic E-state index is -0.405. The number of nitrogens with one attached hydrogen (secondary N) is 2. The monoisotopic (exact) mass is 232 g/mol. The Kier molecular flexibility index (Phi) is 3.34. The summed E-state index contributed by atoms with van der Waals surface area (Å²) in [7, 11) is 0. The zero-order valence-electron chi connectivity index (χ0n) is 9.09. The van der Waals surface area contributed by atoms with Crippen LogP contribution in [0.3, 0.4) is 0 Å². The van der Waals surface area contributed by atoms with Crippen molar-refractivity contribution in [3.05, 3.63) is 52.6 Å². The maximum absolute atomic E-state index is 10.6. The van der Waals surface area contributed by atoms with Crippen LogP contribution in [0.1, 0.15) is 5.82 Å². The van der Waals surface area contributed by atoms with Gasteiger partial charge in [0.1, 0.15) is 5.82 Å². The molecule has 2 aromatic rings. The minimum Gasteiger partial charge on any atom is -0.384 e. The van der Waals surface area contributed by atoms with E-state index in [2.05, 4.69) is 15.3 Å². The number of rotatable bonds is 5. The van der Waals surface area contributed by atoms with Gasteiger partial charge in [-0.3, -0.25) is 10.1 Å². The molecule has 2 rings (SSSR count). The van der Waals surface area contributed by atoms with Gasteiger partial charge in [0.15, 0.2) is 0 Å². The number of hydrogen-bond acceptors (Lipinski definition) is 4. The molecule has 6 heteroatoms. The second kappa shape index (κ2) is 5.11. The van der Waals surface area contributed by atoms with Crippen LogP contribution in [0, 0.1) is 10.1 Å². The topological polar surface area (TPSA) is 83.8 Å². The molecule has 0 fully saturated rings. The molecule has 0 saturated heterocycles. The van der Waals surface area contributed by atoms with E-state index in [0.717, 1.165) is 17.9 Å².